The first-order chi connectivity index (χ1) is 14.1. The van der Waals surface area contributed by atoms with Crippen molar-refractivity contribution in [1.29, 1.82) is 0 Å². The minimum atomic E-state index is -0.652. The van der Waals surface area contributed by atoms with Gasteiger partial charge in [-0.15, -0.1) is 0 Å². The lowest BCUT2D eigenvalue weighted by atomic mass is 10.0. The van der Waals surface area contributed by atoms with E-state index >= 15 is 0 Å². The minimum absolute atomic E-state index is 0.214. The van der Waals surface area contributed by atoms with Crippen LogP contribution >= 0.6 is 0 Å². The van der Waals surface area contributed by atoms with Gasteiger partial charge in [0.15, 0.2) is 19.0 Å². The number of pyridine rings is 1. The number of carbonyl (C=O) groups is 2. The molecule has 0 saturated carbocycles. The molecular weight excluding hydrogens is 368 g/mol. The highest BCUT2D eigenvalue weighted by Crippen LogP contribution is 2.33. The molecule has 0 N–H and O–H groups in total. The number of rotatable bonds is 5. The van der Waals surface area contributed by atoms with Gasteiger partial charge in [0.1, 0.15) is 0 Å². The number of ether oxygens (including phenoxy) is 1. The van der Waals surface area contributed by atoms with E-state index in [0.29, 0.717) is 10.3 Å². The molecule has 6 nitrogen and oxygen atoms in total. The van der Waals surface area contributed by atoms with Gasteiger partial charge in [0, 0.05) is 30.1 Å². The van der Waals surface area contributed by atoms with Gasteiger partial charge >= 0.3 is 5.97 Å². The number of esters is 1. The molecular formula is C23H18N2O4. The van der Waals surface area contributed by atoms with E-state index in [1.165, 1.54) is 24.5 Å². The highest BCUT2D eigenvalue weighted by molar-refractivity contribution is 6.14. The Labute approximate surface area is 167 Å². The highest BCUT2D eigenvalue weighted by atomic mass is 16.5. The number of hydrogen-bond donors (Lipinski definition) is 0. The molecule has 4 aromatic rings. The number of ketones is 1. The second-order valence-electron chi connectivity index (χ2n) is 6.61. The predicted octanol–water partition coefficient (Wildman–Crippen LogP) is 3.52. The van der Waals surface area contributed by atoms with Crippen LogP contribution in [0.2, 0.25) is 0 Å². The maximum Gasteiger partial charge on any atom is 0.339 e. The molecule has 0 fully saturated rings. The monoisotopic (exact) mass is 386 g/mol. The van der Waals surface area contributed by atoms with Gasteiger partial charge in [-0.05, 0) is 11.6 Å². The maximum absolute atomic E-state index is 13.1. The highest BCUT2D eigenvalue weighted by Gasteiger charge is 2.23. The van der Waals surface area contributed by atoms with Gasteiger partial charge in [-0.3, -0.25) is 4.79 Å². The molecule has 0 amide bonds. The lowest BCUT2D eigenvalue weighted by molar-refractivity contribution is -0.605. The van der Waals surface area contributed by atoms with Crippen molar-refractivity contribution in [2.75, 3.05) is 6.61 Å². The Morgan fingerprint density at radius 1 is 0.966 bits per heavy atom. The van der Waals surface area contributed by atoms with Crippen molar-refractivity contribution in [2.24, 2.45) is 7.05 Å². The number of nitrogens with zero attached hydrogens (tertiary/aromatic N) is 2. The lowest BCUT2D eigenvalue weighted by Crippen LogP contribution is -2.24. The van der Waals surface area contributed by atoms with E-state index in [2.05, 4.69) is 0 Å². The van der Waals surface area contributed by atoms with Crippen LogP contribution in [-0.4, -0.2) is 22.9 Å². The lowest BCUT2D eigenvalue weighted by Gasteiger charge is -2.09. The van der Waals surface area contributed by atoms with Crippen LogP contribution in [0.4, 0.5) is 0 Å². The van der Waals surface area contributed by atoms with Crippen LogP contribution in [0.15, 0.2) is 79.1 Å². The molecule has 0 bridgehead atoms. The summed E-state index contributed by atoms with van der Waals surface area (Å²) in [5.74, 6) is -0.940. The molecule has 6 heteroatoms. The third-order valence-electron chi connectivity index (χ3n) is 4.81. The summed E-state index contributed by atoms with van der Waals surface area (Å²) in [7, 11) is 1.91. The molecule has 4 rings (SSSR count). The van der Waals surface area contributed by atoms with E-state index < -0.39 is 5.97 Å². The average molecular weight is 386 g/mol. The van der Waals surface area contributed by atoms with Crippen molar-refractivity contribution < 1.29 is 19.1 Å². The SMILES string of the molecule is Cn1c(-c2ccccc2)c(C(=O)COC(=O)c2cc[n+]([O-])cc2)c2ccccc21. The van der Waals surface area contributed by atoms with Crippen molar-refractivity contribution in [2.45, 2.75) is 0 Å². The Balaban J connectivity index is 1.68. The fourth-order valence-corrected chi connectivity index (χ4v) is 3.44. The first-order valence-electron chi connectivity index (χ1n) is 9.08. The van der Waals surface area contributed by atoms with Gasteiger partial charge in [-0.1, -0.05) is 48.5 Å². The van der Waals surface area contributed by atoms with Crippen LogP contribution in [-0.2, 0) is 11.8 Å². The van der Waals surface area contributed by atoms with Crippen LogP contribution in [0.1, 0.15) is 20.7 Å². The van der Waals surface area contributed by atoms with Gasteiger partial charge < -0.3 is 14.5 Å². The Hall–Kier alpha value is -3.93. The first kappa shape index (κ1) is 18.4. The second-order valence-corrected chi connectivity index (χ2v) is 6.61. The summed E-state index contributed by atoms with van der Waals surface area (Å²) in [6, 6.07) is 20.0. The molecule has 0 radical (unpaired) electrons. The number of benzene rings is 2. The maximum atomic E-state index is 13.1. The predicted molar refractivity (Wildman–Crippen MR) is 108 cm³/mol. The fourth-order valence-electron chi connectivity index (χ4n) is 3.44. The molecule has 144 valence electrons. The van der Waals surface area contributed by atoms with Crippen LogP contribution in [0.5, 0.6) is 0 Å². The summed E-state index contributed by atoms with van der Waals surface area (Å²) in [6.45, 7) is -0.390. The topological polar surface area (TPSA) is 75.2 Å². The zero-order valence-corrected chi connectivity index (χ0v) is 15.7. The number of Topliss-reactive ketones (excluding diaryl/α,β-unsaturated/α-hetero) is 1. The number of para-hydroxylation sites is 1. The molecule has 0 unspecified atom stereocenters. The third-order valence-corrected chi connectivity index (χ3v) is 4.81. The van der Waals surface area contributed by atoms with Gasteiger partial charge in [0.05, 0.1) is 16.8 Å². The van der Waals surface area contributed by atoms with Crippen LogP contribution in [0.3, 0.4) is 0 Å². The van der Waals surface area contributed by atoms with Gasteiger partial charge in [-0.2, -0.15) is 4.73 Å². The van der Waals surface area contributed by atoms with Gasteiger partial charge in [0.2, 0.25) is 5.78 Å². The third kappa shape index (κ3) is 3.48. The summed E-state index contributed by atoms with van der Waals surface area (Å²) in [4.78, 5) is 25.3. The quantitative estimate of drug-likeness (QED) is 0.228. The summed E-state index contributed by atoms with van der Waals surface area (Å²) < 4.78 is 7.77. The molecule has 0 aliphatic rings. The number of hydrogen-bond acceptors (Lipinski definition) is 4. The Bertz CT molecular complexity index is 1200. The van der Waals surface area contributed by atoms with Crippen molar-refractivity contribution in [3.63, 3.8) is 0 Å². The summed E-state index contributed by atoms with van der Waals surface area (Å²) in [5, 5.41) is 11.9. The van der Waals surface area contributed by atoms with Crippen molar-refractivity contribution in [1.82, 2.24) is 4.57 Å². The Morgan fingerprint density at radius 3 is 2.34 bits per heavy atom. The molecule has 0 aliphatic heterocycles. The van der Waals surface area contributed by atoms with Crippen LogP contribution in [0.25, 0.3) is 22.2 Å². The first-order valence-corrected chi connectivity index (χ1v) is 9.08. The van der Waals surface area contributed by atoms with E-state index in [1.54, 1.807) is 0 Å². The van der Waals surface area contributed by atoms with Crippen LogP contribution < -0.4 is 4.73 Å². The largest absolute Gasteiger partial charge is 0.619 e. The van der Waals surface area contributed by atoms with Crippen molar-refractivity contribution in [3.05, 3.63) is 95.5 Å². The summed E-state index contributed by atoms with van der Waals surface area (Å²) in [5.41, 5.74) is 3.34. The van der Waals surface area contributed by atoms with Crippen molar-refractivity contribution >= 4 is 22.7 Å². The summed E-state index contributed by atoms with van der Waals surface area (Å²) >= 11 is 0. The minimum Gasteiger partial charge on any atom is -0.619 e. The number of carbonyl (C=O) groups excluding carboxylic acids is 2. The van der Waals surface area contributed by atoms with E-state index in [-0.39, 0.29) is 18.0 Å². The zero-order valence-electron chi connectivity index (χ0n) is 15.7. The standard InChI is InChI=1S/C23H18N2O4/c1-24-19-10-6-5-9-18(19)21(22(24)16-7-3-2-4-8-16)20(26)15-29-23(27)17-11-13-25(28)14-12-17/h2-14H,15H2,1H3. The summed E-state index contributed by atoms with van der Waals surface area (Å²) in [6.07, 6.45) is 2.41. The van der Waals surface area contributed by atoms with Gasteiger partial charge in [-0.25, -0.2) is 4.79 Å². The molecule has 0 saturated heterocycles. The zero-order chi connectivity index (χ0) is 20.4. The van der Waals surface area contributed by atoms with Crippen molar-refractivity contribution in [3.8, 4) is 11.3 Å². The van der Waals surface area contributed by atoms with E-state index in [4.69, 9.17) is 4.74 Å². The molecule has 0 spiro atoms. The molecule has 2 heterocycles. The fraction of sp³-hybridized carbons (Fsp3) is 0.0870. The van der Waals surface area contributed by atoms with E-state index in [9.17, 15) is 14.8 Å². The average Bonchev–Trinajstić information content (AvgIpc) is 3.06. The Morgan fingerprint density at radius 2 is 1.62 bits per heavy atom. The molecule has 0 aliphatic carbocycles. The molecule has 2 aromatic carbocycles. The molecule has 0 atom stereocenters. The molecule has 2 aromatic heterocycles. The van der Waals surface area contributed by atoms with E-state index in [0.717, 1.165) is 22.2 Å². The van der Waals surface area contributed by atoms with E-state index in [1.807, 2.05) is 66.2 Å². The normalized spacial score (nSPS) is 10.8. The number of aryl methyl sites for hydroxylation is 1. The smallest absolute Gasteiger partial charge is 0.339 e. The number of fused-ring (bicyclic) bond motifs is 1. The number of aromatic nitrogens is 2. The molecule has 29 heavy (non-hydrogen) atoms. The van der Waals surface area contributed by atoms with Crippen LogP contribution in [0, 0.1) is 5.21 Å². The van der Waals surface area contributed by atoms with Gasteiger partial charge in [0.25, 0.3) is 0 Å². The Kier molecular flexibility index (Phi) is 4.83. The second kappa shape index (κ2) is 7.59.